The Labute approximate surface area is 129 Å². The Bertz CT molecular complexity index is 580. The van der Waals surface area contributed by atoms with Crippen LogP contribution in [0.3, 0.4) is 0 Å². The van der Waals surface area contributed by atoms with Crippen LogP contribution in [0.15, 0.2) is 29.2 Å². The number of halogens is 1. The molecular formula is C15H20ClN3S. The minimum Gasteiger partial charge on any atom is -0.316 e. The van der Waals surface area contributed by atoms with Gasteiger partial charge in [-0.15, -0.1) is 11.8 Å². The highest BCUT2D eigenvalue weighted by molar-refractivity contribution is 7.98. The lowest BCUT2D eigenvalue weighted by Gasteiger charge is -2.06. The third-order valence-corrected chi connectivity index (χ3v) is 4.60. The molecule has 0 aliphatic rings. The maximum Gasteiger partial charge on any atom is 0.0858 e. The zero-order chi connectivity index (χ0) is 14.5. The lowest BCUT2D eigenvalue weighted by atomic mass is 10.2. The summed E-state index contributed by atoms with van der Waals surface area (Å²) in [5.41, 5.74) is 3.36. The molecule has 0 aliphatic heterocycles. The van der Waals surface area contributed by atoms with Gasteiger partial charge in [-0.25, -0.2) is 0 Å². The average Bonchev–Trinajstić information content (AvgIpc) is 2.72. The number of benzene rings is 1. The fourth-order valence-electron chi connectivity index (χ4n) is 2.08. The van der Waals surface area contributed by atoms with Crippen molar-refractivity contribution >= 4 is 23.4 Å². The molecule has 0 saturated heterocycles. The Kier molecular flexibility index (Phi) is 5.52. The first kappa shape index (κ1) is 15.4. The summed E-state index contributed by atoms with van der Waals surface area (Å²) >= 11 is 8.16. The Morgan fingerprint density at radius 2 is 2.20 bits per heavy atom. The second-order valence-corrected chi connectivity index (χ2v) is 6.08. The molecule has 0 bridgehead atoms. The molecule has 0 radical (unpaired) electrons. The predicted molar refractivity (Wildman–Crippen MR) is 86.4 cm³/mol. The number of nitrogens with one attached hydrogen (secondary N) is 1. The zero-order valence-electron chi connectivity index (χ0n) is 12.1. The Morgan fingerprint density at radius 1 is 1.40 bits per heavy atom. The van der Waals surface area contributed by atoms with Gasteiger partial charge in [-0.05, 0) is 31.2 Å². The quantitative estimate of drug-likeness (QED) is 0.826. The van der Waals surface area contributed by atoms with Crippen LogP contribution >= 0.6 is 23.4 Å². The molecule has 0 unspecified atom stereocenters. The summed E-state index contributed by atoms with van der Waals surface area (Å²) in [6.07, 6.45) is 0.870. The van der Waals surface area contributed by atoms with E-state index in [0.717, 1.165) is 35.1 Å². The molecule has 0 spiro atoms. The lowest BCUT2D eigenvalue weighted by Crippen LogP contribution is -2.04. The van der Waals surface area contributed by atoms with Crippen LogP contribution in [0.2, 0.25) is 5.02 Å². The van der Waals surface area contributed by atoms with Crippen molar-refractivity contribution in [1.82, 2.24) is 15.1 Å². The molecule has 1 aromatic carbocycles. The molecule has 0 amide bonds. The van der Waals surface area contributed by atoms with Gasteiger partial charge in [-0.2, -0.15) is 5.10 Å². The molecule has 1 aromatic heterocycles. The van der Waals surface area contributed by atoms with Crippen LogP contribution in [0.5, 0.6) is 0 Å². The first-order valence-electron chi connectivity index (χ1n) is 6.72. The van der Waals surface area contributed by atoms with Crippen LogP contribution in [-0.4, -0.2) is 16.8 Å². The molecular weight excluding hydrogens is 290 g/mol. The highest BCUT2D eigenvalue weighted by Gasteiger charge is 2.13. The summed E-state index contributed by atoms with van der Waals surface area (Å²) in [5.74, 6) is 0.839. The SMILES string of the molecule is CCc1nn(C)c(CSc2cccc(CNC)c2)c1Cl. The number of nitrogens with zero attached hydrogens (tertiary/aromatic N) is 2. The summed E-state index contributed by atoms with van der Waals surface area (Å²) in [6, 6.07) is 8.57. The number of rotatable bonds is 6. The van der Waals surface area contributed by atoms with E-state index >= 15 is 0 Å². The van der Waals surface area contributed by atoms with Crippen molar-refractivity contribution in [3.05, 3.63) is 46.2 Å². The van der Waals surface area contributed by atoms with E-state index in [4.69, 9.17) is 11.6 Å². The van der Waals surface area contributed by atoms with Gasteiger partial charge in [0.05, 0.1) is 16.4 Å². The van der Waals surface area contributed by atoms with E-state index in [1.165, 1.54) is 10.5 Å². The molecule has 0 saturated carbocycles. The molecule has 0 atom stereocenters. The fourth-order valence-corrected chi connectivity index (χ4v) is 3.56. The summed E-state index contributed by atoms with van der Waals surface area (Å²) in [4.78, 5) is 1.26. The number of hydrogen-bond acceptors (Lipinski definition) is 3. The number of thioether (sulfide) groups is 1. The Morgan fingerprint density at radius 3 is 2.85 bits per heavy atom. The van der Waals surface area contributed by atoms with Gasteiger partial charge in [0.2, 0.25) is 0 Å². The van der Waals surface area contributed by atoms with E-state index in [9.17, 15) is 0 Å². The van der Waals surface area contributed by atoms with E-state index < -0.39 is 0 Å². The summed E-state index contributed by atoms with van der Waals surface area (Å²) in [7, 11) is 3.92. The van der Waals surface area contributed by atoms with Crippen molar-refractivity contribution in [2.24, 2.45) is 7.05 Å². The lowest BCUT2D eigenvalue weighted by molar-refractivity contribution is 0.720. The van der Waals surface area contributed by atoms with Crippen LogP contribution in [-0.2, 0) is 25.8 Å². The molecule has 3 nitrogen and oxygen atoms in total. The second kappa shape index (κ2) is 7.16. The second-order valence-electron chi connectivity index (χ2n) is 4.65. The van der Waals surface area contributed by atoms with Crippen LogP contribution in [0.25, 0.3) is 0 Å². The van der Waals surface area contributed by atoms with Crippen molar-refractivity contribution in [3.63, 3.8) is 0 Å². The summed E-state index contributed by atoms with van der Waals surface area (Å²) in [5, 5.41) is 8.43. The smallest absolute Gasteiger partial charge is 0.0858 e. The highest BCUT2D eigenvalue weighted by atomic mass is 35.5. The topological polar surface area (TPSA) is 29.9 Å². The number of aromatic nitrogens is 2. The molecule has 0 aliphatic carbocycles. The van der Waals surface area contributed by atoms with Gasteiger partial charge in [0.15, 0.2) is 0 Å². The van der Waals surface area contributed by atoms with Crippen molar-refractivity contribution in [2.45, 2.75) is 30.5 Å². The largest absolute Gasteiger partial charge is 0.316 e. The number of hydrogen-bond donors (Lipinski definition) is 1. The predicted octanol–water partition coefficient (Wildman–Crippen LogP) is 3.65. The van der Waals surface area contributed by atoms with Gasteiger partial charge < -0.3 is 5.32 Å². The molecule has 20 heavy (non-hydrogen) atoms. The Hall–Kier alpha value is -0.970. The van der Waals surface area contributed by atoms with Crippen LogP contribution in [0, 0.1) is 0 Å². The standard InChI is InChI=1S/C15H20ClN3S/c1-4-13-15(16)14(19(3)18-13)10-20-12-7-5-6-11(8-12)9-17-2/h5-8,17H,4,9-10H2,1-3H3. The molecule has 1 heterocycles. The minimum atomic E-state index is 0.814. The van der Waals surface area contributed by atoms with Crippen molar-refractivity contribution in [1.29, 1.82) is 0 Å². The average molecular weight is 310 g/mol. The van der Waals surface area contributed by atoms with Crippen molar-refractivity contribution in [3.8, 4) is 0 Å². The van der Waals surface area contributed by atoms with Crippen molar-refractivity contribution < 1.29 is 0 Å². The van der Waals surface area contributed by atoms with E-state index in [1.54, 1.807) is 11.8 Å². The van der Waals surface area contributed by atoms with Gasteiger partial charge >= 0.3 is 0 Å². The molecule has 2 aromatic rings. The Balaban J connectivity index is 2.09. The first-order valence-corrected chi connectivity index (χ1v) is 8.08. The maximum absolute atomic E-state index is 6.37. The van der Waals surface area contributed by atoms with E-state index in [-0.39, 0.29) is 0 Å². The van der Waals surface area contributed by atoms with E-state index in [1.807, 2.05) is 18.8 Å². The van der Waals surface area contributed by atoms with Gasteiger partial charge in [0.25, 0.3) is 0 Å². The maximum atomic E-state index is 6.37. The van der Waals surface area contributed by atoms with Crippen molar-refractivity contribution in [2.75, 3.05) is 7.05 Å². The third-order valence-electron chi connectivity index (χ3n) is 3.16. The fraction of sp³-hybridized carbons (Fsp3) is 0.400. The highest BCUT2D eigenvalue weighted by Crippen LogP contribution is 2.29. The van der Waals surface area contributed by atoms with Gasteiger partial charge in [-0.3, -0.25) is 4.68 Å². The van der Waals surface area contributed by atoms with Gasteiger partial charge in [0.1, 0.15) is 0 Å². The van der Waals surface area contributed by atoms with Gasteiger partial charge in [0, 0.05) is 24.2 Å². The monoisotopic (exact) mass is 309 g/mol. The van der Waals surface area contributed by atoms with E-state index in [0.29, 0.717) is 0 Å². The molecule has 0 fully saturated rings. The van der Waals surface area contributed by atoms with E-state index in [2.05, 4.69) is 41.6 Å². The van der Waals surface area contributed by atoms with Crippen LogP contribution in [0.1, 0.15) is 23.9 Å². The zero-order valence-corrected chi connectivity index (χ0v) is 13.7. The first-order chi connectivity index (χ1) is 9.65. The third kappa shape index (κ3) is 3.57. The molecule has 108 valence electrons. The molecule has 2 rings (SSSR count). The van der Waals surface area contributed by atoms with Gasteiger partial charge in [-0.1, -0.05) is 30.7 Å². The molecule has 5 heteroatoms. The normalized spacial score (nSPS) is 11.0. The molecule has 1 N–H and O–H groups in total. The summed E-state index contributed by atoms with van der Waals surface area (Å²) in [6.45, 7) is 2.97. The van der Waals surface area contributed by atoms with Crippen LogP contribution < -0.4 is 5.32 Å². The summed E-state index contributed by atoms with van der Waals surface area (Å²) < 4.78 is 1.89. The minimum absolute atomic E-state index is 0.814. The number of aryl methyl sites for hydroxylation is 2. The van der Waals surface area contributed by atoms with Crippen LogP contribution in [0.4, 0.5) is 0 Å².